The molecule has 1 atom stereocenters. The van der Waals surface area contributed by atoms with Crippen molar-refractivity contribution >= 4 is 22.9 Å². The molecule has 0 spiro atoms. The van der Waals surface area contributed by atoms with Crippen LogP contribution in [0.15, 0.2) is 35.7 Å². The van der Waals surface area contributed by atoms with Gasteiger partial charge in [-0.25, -0.2) is 0 Å². The van der Waals surface area contributed by atoms with E-state index in [1.807, 2.05) is 35.6 Å². The van der Waals surface area contributed by atoms with Crippen LogP contribution in [0.3, 0.4) is 0 Å². The average Bonchev–Trinajstić information content (AvgIpc) is 3.08. The van der Waals surface area contributed by atoms with Gasteiger partial charge in [0, 0.05) is 30.4 Å². The van der Waals surface area contributed by atoms with Crippen molar-refractivity contribution in [3.05, 3.63) is 46.2 Å². The minimum atomic E-state index is 0.0328. The highest BCUT2D eigenvalue weighted by Gasteiger charge is 2.26. The first kappa shape index (κ1) is 17.0. The SMILES string of the molecule is CCC1c2ccsc2CCN1CCC(=O)Nc1ccccc1OC. The van der Waals surface area contributed by atoms with Crippen molar-refractivity contribution in [1.82, 2.24) is 4.90 Å². The first-order valence-corrected chi connectivity index (χ1v) is 9.34. The maximum Gasteiger partial charge on any atom is 0.225 e. The fraction of sp³-hybridized carbons (Fsp3) is 0.421. The van der Waals surface area contributed by atoms with E-state index < -0.39 is 0 Å². The van der Waals surface area contributed by atoms with Gasteiger partial charge in [0.1, 0.15) is 5.75 Å². The Kier molecular flexibility index (Phi) is 5.53. The normalized spacial score (nSPS) is 17.3. The molecule has 0 saturated heterocycles. The van der Waals surface area contributed by atoms with Gasteiger partial charge in [-0.2, -0.15) is 0 Å². The summed E-state index contributed by atoms with van der Waals surface area (Å²) in [4.78, 5) is 16.3. The number of thiophene rings is 1. The third kappa shape index (κ3) is 3.62. The summed E-state index contributed by atoms with van der Waals surface area (Å²) in [6.07, 6.45) is 2.67. The zero-order valence-corrected chi connectivity index (χ0v) is 15.1. The van der Waals surface area contributed by atoms with Gasteiger partial charge in [-0.1, -0.05) is 19.1 Å². The van der Waals surface area contributed by atoms with E-state index in [9.17, 15) is 4.79 Å². The Morgan fingerprint density at radius 2 is 2.21 bits per heavy atom. The van der Waals surface area contributed by atoms with Gasteiger partial charge in [-0.05, 0) is 42.0 Å². The smallest absolute Gasteiger partial charge is 0.225 e. The standard InChI is InChI=1S/C19H24N2O2S/c1-3-16-14-10-13-24-18(14)8-11-21(16)12-9-19(22)20-15-6-4-5-7-17(15)23-2/h4-7,10,13,16H,3,8-9,11-12H2,1-2H3,(H,20,22). The summed E-state index contributed by atoms with van der Waals surface area (Å²) in [7, 11) is 1.61. The molecule has 1 aliphatic rings. The minimum absolute atomic E-state index is 0.0328. The summed E-state index contributed by atoms with van der Waals surface area (Å²) in [5.41, 5.74) is 2.19. The van der Waals surface area contributed by atoms with E-state index in [1.165, 1.54) is 10.4 Å². The van der Waals surface area contributed by atoms with Crippen LogP contribution in [0.2, 0.25) is 0 Å². The predicted molar refractivity (Wildman–Crippen MR) is 98.9 cm³/mol. The zero-order chi connectivity index (χ0) is 16.9. The lowest BCUT2D eigenvalue weighted by Gasteiger charge is -2.35. The van der Waals surface area contributed by atoms with Gasteiger partial charge >= 0.3 is 0 Å². The van der Waals surface area contributed by atoms with E-state index in [-0.39, 0.29) is 5.91 Å². The van der Waals surface area contributed by atoms with Crippen LogP contribution in [0.4, 0.5) is 5.69 Å². The van der Waals surface area contributed by atoms with Crippen LogP contribution in [0.1, 0.15) is 36.2 Å². The van der Waals surface area contributed by atoms with Crippen LogP contribution in [0.25, 0.3) is 0 Å². The number of hydrogen-bond donors (Lipinski definition) is 1. The van der Waals surface area contributed by atoms with Crippen LogP contribution in [-0.4, -0.2) is 31.0 Å². The fourth-order valence-electron chi connectivity index (χ4n) is 3.40. The molecule has 1 aliphatic heterocycles. The lowest BCUT2D eigenvalue weighted by molar-refractivity contribution is -0.116. The van der Waals surface area contributed by atoms with Crippen LogP contribution >= 0.6 is 11.3 Å². The number of amides is 1. The van der Waals surface area contributed by atoms with Gasteiger partial charge in [0.2, 0.25) is 5.91 Å². The summed E-state index contributed by atoms with van der Waals surface area (Å²) in [5, 5.41) is 5.15. The van der Waals surface area contributed by atoms with Crippen LogP contribution in [-0.2, 0) is 11.2 Å². The molecule has 1 aromatic carbocycles. The maximum atomic E-state index is 12.3. The summed E-state index contributed by atoms with van der Waals surface area (Å²) in [6.45, 7) is 4.04. The molecular formula is C19H24N2O2S. The highest BCUT2D eigenvalue weighted by molar-refractivity contribution is 7.10. The van der Waals surface area contributed by atoms with E-state index in [2.05, 4.69) is 28.6 Å². The number of hydrogen-bond acceptors (Lipinski definition) is 4. The van der Waals surface area contributed by atoms with Crippen molar-refractivity contribution < 1.29 is 9.53 Å². The Morgan fingerprint density at radius 1 is 1.38 bits per heavy atom. The van der Waals surface area contributed by atoms with E-state index >= 15 is 0 Å². The number of fused-ring (bicyclic) bond motifs is 1. The number of nitrogens with one attached hydrogen (secondary N) is 1. The molecule has 1 amide bonds. The molecule has 128 valence electrons. The van der Waals surface area contributed by atoms with Crippen molar-refractivity contribution in [2.75, 3.05) is 25.5 Å². The quantitative estimate of drug-likeness (QED) is 0.858. The monoisotopic (exact) mass is 344 g/mol. The second-order valence-electron chi connectivity index (χ2n) is 6.01. The van der Waals surface area contributed by atoms with Crippen LogP contribution < -0.4 is 10.1 Å². The van der Waals surface area contributed by atoms with Crippen molar-refractivity contribution in [3.8, 4) is 5.75 Å². The Bertz CT molecular complexity index is 698. The van der Waals surface area contributed by atoms with E-state index in [0.717, 1.165) is 31.6 Å². The van der Waals surface area contributed by atoms with Gasteiger partial charge < -0.3 is 10.1 Å². The summed E-state index contributed by atoms with van der Waals surface area (Å²) in [6, 6.07) is 10.2. The number of ether oxygens (including phenoxy) is 1. The molecule has 2 aromatic rings. The Labute approximate surface area is 147 Å². The largest absolute Gasteiger partial charge is 0.495 e. The summed E-state index contributed by atoms with van der Waals surface area (Å²) in [5.74, 6) is 0.726. The van der Waals surface area contributed by atoms with Crippen molar-refractivity contribution in [2.24, 2.45) is 0 Å². The van der Waals surface area contributed by atoms with Gasteiger partial charge in [0.25, 0.3) is 0 Å². The fourth-order valence-corrected chi connectivity index (χ4v) is 4.33. The molecule has 0 saturated carbocycles. The minimum Gasteiger partial charge on any atom is -0.495 e. The number of carbonyl (C=O) groups is 1. The van der Waals surface area contributed by atoms with E-state index in [4.69, 9.17) is 4.74 Å². The van der Waals surface area contributed by atoms with Crippen molar-refractivity contribution in [2.45, 2.75) is 32.2 Å². The number of anilines is 1. The molecule has 2 heterocycles. The average molecular weight is 344 g/mol. The van der Waals surface area contributed by atoms with Crippen LogP contribution in [0, 0.1) is 0 Å². The number of methoxy groups -OCH3 is 1. The van der Waals surface area contributed by atoms with E-state index in [1.54, 1.807) is 7.11 Å². The van der Waals surface area contributed by atoms with Crippen LogP contribution in [0.5, 0.6) is 5.75 Å². The Balaban J connectivity index is 1.58. The summed E-state index contributed by atoms with van der Waals surface area (Å²) < 4.78 is 5.28. The van der Waals surface area contributed by atoms with Gasteiger partial charge in [0.15, 0.2) is 0 Å². The second kappa shape index (κ2) is 7.81. The maximum absolute atomic E-state index is 12.3. The molecule has 1 unspecified atom stereocenters. The molecule has 5 heteroatoms. The molecule has 24 heavy (non-hydrogen) atoms. The van der Waals surface area contributed by atoms with Crippen molar-refractivity contribution in [1.29, 1.82) is 0 Å². The Morgan fingerprint density at radius 3 is 3.00 bits per heavy atom. The Hall–Kier alpha value is -1.85. The van der Waals surface area contributed by atoms with Gasteiger partial charge in [-0.15, -0.1) is 11.3 Å². The van der Waals surface area contributed by atoms with E-state index in [0.29, 0.717) is 18.2 Å². The molecular weight excluding hydrogens is 320 g/mol. The molecule has 0 bridgehead atoms. The number of para-hydroxylation sites is 2. The van der Waals surface area contributed by atoms with Gasteiger partial charge in [-0.3, -0.25) is 9.69 Å². The number of carbonyl (C=O) groups excluding carboxylic acids is 1. The molecule has 1 aromatic heterocycles. The first-order chi connectivity index (χ1) is 11.7. The lowest BCUT2D eigenvalue weighted by atomic mass is 9.97. The summed E-state index contributed by atoms with van der Waals surface area (Å²) >= 11 is 1.86. The van der Waals surface area contributed by atoms with Gasteiger partial charge in [0.05, 0.1) is 12.8 Å². The highest BCUT2D eigenvalue weighted by atomic mass is 32.1. The molecule has 1 N–H and O–H groups in total. The second-order valence-corrected chi connectivity index (χ2v) is 7.01. The van der Waals surface area contributed by atoms with Crippen molar-refractivity contribution in [3.63, 3.8) is 0 Å². The number of benzene rings is 1. The number of nitrogens with zero attached hydrogens (tertiary/aromatic N) is 1. The predicted octanol–water partition coefficient (Wildman–Crippen LogP) is 4.09. The highest BCUT2D eigenvalue weighted by Crippen LogP contribution is 2.35. The molecule has 0 aliphatic carbocycles. The molecule has 0 radical (unpaired) electrons. The molecule has 4 nitrogen and oxygen atoms in total. The first-order valence-electron chi connectivity index (χ1n) is 8.46. The third-order valence-electron chi connectivity index (χ3n) is 4.60. The lowest BCUT2D eigenvalue weighted by Crippen LogP contribution is -2.36. The third-order valence-corrected chi connectivity index (χ3v) is 5.60. The molecule has 3 rings (SSSR count). The topological polar surface area (TPSA) is 41.6 Å². The zero-order valence-electron chi connectivity index (χ0n) is 14.2. The number of rotatable bonds is 6. The molecule has 0 fully saturated rings.